The monoisotopic (exact) mass is 408 g/mol. The van der Waals surface area contributed by atoms with Crippen LogP contribution in [-0.4, -0.2) is 43.9 Å². The number of carbonyl (C=O) groups is 1. The summed E-state index contributed by atoms with van der Waals surface area (Å²) in [6, 6.07) is 11.1. The van der Waals surface area contributed by atoms with Gasteiger partial charge in [-0.15, -0.1) is 13.2 Å². The number of rotatable bonds is 7. The molecule has 0 aliphatic carbocycles. The number of amides is 1. The van der Waals surface area contributed by atoms with Gasteiger partial charge in [-0.05, 0) is 55.2 Å². The van der Waals surface area contributed by atoms with Crippen LogP contribution in [0.1, 0.15) is 28.8 Å². The highest BCUT2D eigenvalue weighted by molar-refractivity contribution is 5.95. The Morgan fingerprint density at radius 2 is 1.79 bits per heavy atom. The molecular weight excluding hydrogens is 385 g/mol. The van der Waals surface area contributed by atoms with Crippen molar-refractivity contribution in [3.63, 3.8) is 0 Å². The van der Waals surface area contributed by atoms with Crippen LogP contribution >= 0.6 is 0 Å². The summed E-state index contributed by atoms with van der Waals surface area (Å²) in [4.78, 5) is 14.4. The maximum atomic E-state index is 12.6. The number of hydrogen-bond donors (Lipinski definition) is 1. The van der Waals surface area contributed by atoms with Gasteiger partial charge in [0.05, 0.1) is 12.8 Å². The van der Waals surface area contributed by atoms with Gasteiger partial charge in [-0.3, -0.25) is 4.79 Å². The van der Waals surface area contributed by atoms with E-state index in [1.807, 2.05) is 4.90 Å². The van der Waals surface area contributed by atoms with Gasteiger partial charge in [-0.2, -0.15) is 0 Å². The first-order chi connectivity index (χ1) is 13.9. The molecule has 0 saturated carbocycles. The van der Waals surface area contributed by atoms with Crippen LogP contribution in [0.5, 0.6) is 11.5 Å². The van der Waals surface area contributed by atoms with Crippen molar-refractivity contribution in [2.45, 2.75) is 25.6 Å². The van der Waals surface area contributed by atoms with Crippen molar-refractivity contribution >= 4 is 11.6 Å². The number of ether oxygens (including phenoxy) is 2. The van der Waals surface area contributed by atoms with Crippen molar-refractivity contribution in [1.82, 2.24) is 4.90 Å². The van der Waals surface area contributed by atoms with Crippen LogP contribution in [0.15, 0.2) is 42.5 Å². The molecule has 8 heteroatoms. The molecule has 0 spiro atoms. The normalized spacial score (nSPS) is 14.0. The molecule has 0 aromatic heterocycles. The van der Waals surface area contributed by atoms with Crippen LogP contribution in [-0.2, 0) is 6.42 Å². The Labute approximate surface area is 167 Å². The molecule has 1 saturated heterocycles. The third-order valence-corrected chi connectivity index (χ3v) is 4.73. The number of halogens is 3. The van der Waals surface area contributed by atoms with E-state index in [1.165, 1.54) is 12.1 Å². The lowest BCUT2D eigenvalue weighted by Gasteiger charge is -2.17. The molecule has 2 aromatic rings. The number of alkyl halides is 3. The van der Waals surface area contributed by atoms with Crippen molar-refractivity contribution in [1.29, 1.82) is 0 Å². The fourth-order valence-electron chi connectivity index (χ4n) is 3.28. The van der Waals surface area contributed by atoms with E-state index in [1.54, 1.807) is 37.4 Å². The summed E-state index contributed by atoms with van der Waals surface area (Å²) < 4.78 is 45.9. The molecule has 156 valence electrons. The summed E-state index contributed by atoms with van der Waals surface area (Å²) in [6.45, 7) is 2.08. The fraction of sp³-hybridized carbons (Fsp3) is 0.381. The summed E-state index contributed by atoms with van der Waals surface area (Å²) in [7, 11) is 1.56. The third-order valence-electron chi connectivity index (χ3n) is 4.73. The fourth-order valence-corrected chi connectivity index (χ4v) is 3.28. The Morgan fingerprint density at radius 3 is 2.41 bits per heavy atom. The minimum Gasteiger partial charge on any atom is -0.495 e. The first-order valence-electron chi connectivity index (χ1n) is 9.41. The standard InChI is InChI=1S/C21H23F3N2O3/c1-28-19-9-6-16(20(27)26-12-2-3-13-26)14-18(19)25-11-10-15-4-7-17(8-5-15)29-21(22,23)24/h4-9,14,25H,2-3,10-13H2,1H3. The van der Waals surface area contributed by atoms with E-state index in [9.17, 15) is 18.0 Å². The molecule has 29 heavy (non-hydrogen) atoms. The van der Waals surface area contributed by atoms with Gasteiger partial charge in [0.25, 0.3) is 5.91 Å². The van der Waals surface area contributed by atoms with Crippen LogP contribution in [0, 0.1) is 0 Å². The van der Waals surface area contributed by atoms with E-state index in [4.69, 9.17) is 4.74 Å². The van der Waals surface area contributed by atoms with Crippen molar-refractivity contribution < 1.29 is 27.4 Å². The van der Waals surface area contributed by atoms with Gasteiger partial charge in [-0.1, -0.05) is 12.1 Å². The number of benzene rings is 2. The smallest absolute Gasteiger partial charge is 0.495 e. The van der Waals surface area contributed by atoms with Gasteiger partial charge < -0.3 is 19.7 Å². The molecule has 1 aliphatic heterocycles. The van der Waals surface area contributed by atoms with Gasteiger partial charge in [0, 0.05) is 25.2 Å². The summed E-state index contributed by atoms with van der Waals surface area (Å²) in [5, 5.41) is 3.24. The largest absolute Gasteiger partial charge is 0.573 e. The van der Waals surface area contributed by atoms with Gasteiger partial charge in [0.1, 0.15) is 11.5 Å². The van der Waals surface area contributed by atoms with E-state index in [-0.39, 0.29) is 11.7 Å². The van der Waals surface area contributed by atoms with Crippen molar-refractivity contribution in [2.24, 2.45) is 0 Å². The summed E-state index contributed by atoms with van der Waals surface area (Å²) in [6.07, 6.45) is -2.06. The Hall–Kier alpha value is -2.90. The zero-order chi connectivity index (χ0) is 20.9. The molecule has 1 amide bonds. The Balaban J connectivity index is 1.60. The second-order valence-electron chi connectivity index (χ2n) is 6.78. The highest BCUT2D eigenvalue weighted by Gasteiger charge is 2.30. The Bertz CT molecular complexity index is 832. The molecule has 1 fully saturated rings. The van der Waals surface area contributed by atoms with Crippen LogP contribution in [0.4, 0.5) is 18.9 Å². The molecule has 0 atom stereocenters. The van der Waals surface area contributed by atoms with E-state index in [0.29, 0.717) is 30.0 Å². The predicted octanol–water partition coefficient (Wildman–Crippen LogP) is 4.48. The number of methoxy groups -OCH3 is 1. The molecule has 0 radical (unpaired) electrons. The summed E-state index contributed by atoms with van der Waals surface area (Å²) in [5.74, 6) is 0.384. The molecule has 0 unspecified atom stereocenters. The van der Waals surface area contributed by atoms with Crippen LogP contribution in [0.2, 0.25) is 0 Å². The van der Waals surface area contributed by atoms with E-state index < -0.39 is 6.36 Å². The zero-order valence-electron chi connectivity index (χ0n) is 16.1. The maximum absolute atomic E-state index is 12.6. The van der Waals surface area contributed by atoms with E-state index in [2.05, 4.69) is 10.1 Å². The first kappa shape index (κ1) is 20.8. The first-order valence-corrected chi connectivity index (χ1v) is 9.41. The van der Waals surface area contributed by atoms with Crippen LogP contribution in [0.3, 0.4) is 0 Å². The molecule has 2 aromatic carbocycles. The highest BCUT2D eigenvalue weighted by atomic mass is 19.4. The highest BCUT2D eigenvalue weighted by Crippen LogP contribution is 2.27. The second-order valence-corrected chi connectivity index (χ2v) is 6.78. The Kier molecular flexibility index (Phi) is 6.51. The Morgan fingerprint density at radius 1 is 1.10 bits per heavy atom. The maximum Gasteiger partial charge on any atom is 0.573 e. The molecule has 0 bridgehead atoms. The number of nitrogens with one attached hydrogen (secondary N) is 1. The molecule has 5 nitrogen and oxygen atoms in total. The van der Waals surface area contributed by atoms with Gasteiger partial charge in [0.2, 0.25) is 0 Å². The van der Waals surface area contributed by atoms with Crippen molar-refractivity contribution in [2.75, 3.05) is 32.1 Å². The topological polar surface area (TPSA) is 50.8 Å². The number of carbonyl (C=O) groups excluding carboxylic acids is 1. The lowest BCUT2D eigenvalue weighted by Crippen LogP contribution is -2.27. The average molecular weight is 408 g/mol. The van der Waals surface area contributed by atoms with Gasteiger partial charge >= 0.3 is 6.36 Å². The number of nitrogens with zero attached hydrogens (tertiary/aromatic N) is 1. The lowest BCUT2D eigenvalue weighted by atomic mass is 10.1. The lowest BCUT2D eigenvalue weighted by molar-refractivity contribution is -0.274. The average Bonchev–Trinajstić information content (AvgIpc) is 3.22. The molecular formula is C21H23F3N2O3. The predicted molar refractivity (Wildman–Crippen MR) is 103 cm³/mol. The molecule has 1 heterocycles. The minimum absolute atomic E-state index is 0.00783. The van der Waals surface area contributed by atoms with Crippen molar-refractivity contribution in [3.8, 4) is 11.5 Å². The van der Waals surface area contributed by atoms with Gasteiger partial charge in [0.15, 0.2) is 0 Å². The van der Waals surface area contributed by atoms with Crippen LogP contribution in [0.25, 0.3) is 0 Å². The number of anilines is 1. The second kappa shape index (κ2) is 9.07. The SMILES string of the molecule is COc1ccc(C(=O)N2CCCC2)cc1NCCc1ccc(OC(F)(F)F)cc1. The third kappa shape index (κ3) is 5.79. The van der Waals surface area contributed by atoms with Gasteiger partial charge in [-0.25, -0.2) is 0 Å². The quantitative estimate of drug-likeness (QED) is 0.734. The zero-order valence-corrected chi connectivity index (χ0v) is 16.1. The molecule has 1 aliphatic rings. The van der Waals surface area contributed by atoms with Crippen LogP contribution < -0.4 is 14.8 Å². The number of likely N-dealkylation sites (tertiary alicyclic amines) is 1. The minimum atomic E-state index is -4.70. The van der Waals surface area contributed by atoms with Crippen molar-refractivity contribution in [3.05, 3.63) is 53.6 Å². The number of hydrogen-bond acceptors (Lipinski definition) is 4. The van der Waals surface area contributed by atoms with E-state index >= 15 is 0 Å². The summed E-state index contributed by atoms with van der Waals surface area (Å²) in [5.41, 5.74) is 2.16. The molecule has 1 N–H and O–H groups in total. The molecule has 3 rings (SSSR count). The van der Waals surface area contributed by atoms with E-state index in [0.717, 1.165) is 31.5 Å². The summed E-state index contributed by atoms with van der Waals surface area (Å²) >= 11 is 0.